The standard InChI is InChI=1S/C19H28O3S/c1-6-12-8-13(7-2)18-16(12)17-10(3)23-11(4)19(17,18)14(20)9-15(21)22-5/h7,10-12,16-18H,6,8-9H2,1-5H3/b13-7-/t10-,11-,12+,16+,17+,18+,19-/m0/s1. The van der Waals surface area contributed by atoms with Crippen molar-refractivity contribution in [3.05, 3.63) is 11.6 Å². The maximum Gasteiger partial charge on any atom is 0.313 e. The highest BCUT2D eigenvalue weighted by atomic mass is 32.2. The molecular weight excluding hydrogens is 308 g/mol. The van der Waals surface area contributed by atoms with Gasteiger partial charge in [0.25, 0.3) is 0 Å². The van der Waals surface area contributed by atoms with Gasteiger partial charge in [-0.1, -0.05) is 38.8 Å². The first-order chi connectivity index (χ1) is 10.9. The van der Waals surface area contributed by atoms with Gasteiger partial charge in [-0.25, -0.2) is 0 Å². The molecule has 0 bridgehead atoms. The molecule has 0 aromatic heterocycles. The Labute approximate surface area is 143 Å². The molecule has 1 heterocycles. The van der Waals surface area contributed by atoms with Crippen LogP contribution < -0.4 is 0 Å². The summed E-state index contributed by atoms with van der Waals surface area (Å²) in [6.07, 6.45) is 4.48. The molecule has 2 saturated carbocycles. The van der Waals surface area contributed by atoms with Crippen molar-refractivity contribution in [1.29, 1.82) is 0 Å². The number of ether oxygens (including phenoxy) is 1. The lowest BCUT2D eigenvalue weighted by molar-refractivity contribution is -0.161. The van der Waals surface area contributed by atoms with E-state index < -0.39 is 5.97 Å². The van der Waals surface area contributed by atoms with Gasteiger partial charge in [-0.2, -0.15) is 11.8 Å². The van der Waals surface area contributed by atoms with Gasteiger partial charge in [-0.05, 0) is 37.0 Å². The Hall–Kier alpha value is -0.770. The van der Waals surface area contributed by atoms with Gasteiger partial charge in [0.05, 0.1) is 12.5 Å². The highest BCUT2D eigenvalue weighted by molar-refractivity contribution is 8.00. The van der Waals surface area contributed by atoms with E-state index in [1.807, 2.05) is 11.8 Å². The van der Waals surface area contributed by atoms with Gasteiger partial charge >= 0.3 is 5.97 Å². The monoisotopic (exact) mass is 336 g/mol. The van der Waals surface area contributed by atoms with E-state index in [2.05, 4.69) is 33.8 Å². The first kappa shape index (κ1) is 17.1. The van der Waals surface area contributed by atoms with Crippen LogP contribution in [0.15, 0.2) is 11.6 Å². The summed E-state index contributed by atoms with van der Waals surface area (Å²) in [5.41, 5.74) is 1.12. The number of rotatable bonds is 4. The number of Topliss-reactive ketones (excluding diaryl/α,β-unsaturated/α-hetero) is 1. The lowest BCUT2D eigenvalue weighted by Crippen LogP contribution is -2.63. The number of hydrogen-bond donors (Lipinski definition) is 0. The molecule has 3 rings (SSSR count). The van der Waals surface area contributed by atoms with E-state index in [1.165, 1.54) is 19.1 Å². The molecule has 23 heavy (non-hydrogen) atoms. The van der Waals surface area contributed by atoms with Crippen LogP contribution >= 0.6 is 11.8 Å². The molecule has 0 N–H and O–H groups in total. The molecule has 0 radical (unpaired) electrons. The first-order valence-electron chi connectivity index (χ1n) is 8.84. The summed E-state index contributed by atoms with van der Waals surface area (Å²) in [5, 5.41) is 0.782. The van der Waals surface area contributed by atoms with E-state index in [0.29, 0.717) is 28.9 Å². The van der Waals surface area contributed by atoms with Crippen molar-refractivity contribution in [2.45, 2.75) is 57.5 Å². The van der Waals surface area contributed by atoms with Crippen LogP contribution in [0.25, 0.3) is 0 Å². The van der Waals surface area contributed by atoms with Crippen LogP contribution in [0.1, 0.15) is 47.0 Å². The van der Waals surface area contributed by atoms with E-state index in [9.17, 15) is 9.59 Å². The van der Waals surface area contributed by atoms with Crippen molar-refractivity contribution in [2.24, 2.45) is 29.1 Å². The molecule has 3 fully saturated rings. The second-order valence-corrected chi connectivity index (χ2v) is 9.13. The highest BCUT2D eigenvalue weighted by Gasteiger charge is 2.75. The number of hydrogen-bond acceptors (Lipinski definition) is 4. The summed E-state index contributed by atoms with van der Waals surface area (Å²) >= 11 is 1.94. The van der Waals surface area contributed by atoms with E-state index in [4.69, 9.17) is 4.74 Å². The largest absolute Gasteiger partial charge is 0.469 e. The summed E-state index contributed by atoms with van der Waals surface area (Å²) in [7, 11) is 1.36. The maximum absolute atomic E-state index is 13.2. The van der Waals surface area contributed by atoms with Gasteiger partial charge in [-0.3, -0.25) is 9.59 Å². The van der Waals surface area contributed by atoms with Crippen molar-refractivity contribution >= 4 is 23.5 Å². The lowest BCUT2D eigenvalue weighted by atomic mass is 9.42. The van der Waals surface area contributed by atoms with Crippen molar-refractivity contribution in [1.82, 2.24) is 0 Å². The molecule has 1 aliphatic heterocycles. The first-order valence-corrected chi connectivity index (χ1v) is 9.78. The molecule has 1 saturated heterocycles. The van der Waals surface area contributed by atoms with Crippen LogP contribution in [0.2, 0.25) is 0 Å². The Morgan fingerprint density at radius 1 is 1.39 bits per heavy atom. The summed E-state index contributed by atoms with van der Waals surface area (Å²) in [6, 6.07) is 0. The number of carbonyl (C=O) groups is 2. The minimum atomic E-state index is -0.393. The molecule has 0 aromatic rings. The number of ketones is 1. The Morgan fingerprint density at radius 3 is 2.65 bits per heavy atom. The van der Waals surface area contributed by atoms with Crippen LogP contribution in [0.4, 0.5) is 0 Å². The molecule has 4 heteroatoms. The fourth-order valence-electron chi connectivity index (χ4n) is 6.02. The molecule has 3 nitrogen and oxygen atoms in total. The second kappa shape index (κ2) is 5.94. The van der Waals surface area contributed by atoms with E-state index in [-0.39, 0.29) is 22.9 Å². The maximum atomic E-state index is 13.2. The SMILES string of the molecule is C/C=C1/C[C@@H](CC)[C@@H]2[C@H]3[C@H](C)S[C@@H](C)[C@@]3(C(=O)CC(=O)OC)[C@H]12. The Morgan fingerprint density at radius 2 is 2.09 bits per heavy atom. The summed E-state index contributed by atoms with van der Waals surface area (Å²) < 4.78 is 4.77. The minimum Gasteiger partial charge on any atom is -0.469 e. The summed E-state index contributed by atoms with van der Waals surface area (Å²) in [5.74, 6) is 1.83. The topological polar surface area (TPSA) is 43.4 Å². The van der Waals surface area contributed by atoms with Crippen molar-refractivity contribution in [3.8, 4) is 0 Å². The lowest BCUT2D eigenvalue weighted by Gasteiger charge is -2.59. The average Bonchev–Trinajstić information content (AvgIpc) is 2.91. The van der Waals surface area contributed by atoms with Crippen LogP contribution in [0.5, 0.6) is 0 Å². The van der Waals surface area contributed by atoms with E-state index >= 15 is 0 Å². The molecule has 0 amide bonds. The average molecular weight is 336 g/mol. The van der Waals surface area contributed by atoms with Crippen LogP contribution in [0, 0.1) is 29.1 Å². The number of methoxy groups -OCH3 is 1. The second-order valence-electron chi connectivity index (χ2n) is 7.41. The zero-order chi connectivity index (χ0) is 16.9. The number of thioether (sulfide) groups is 1. The van der Waals surface area contributed by atoms with Gasteiger partial charge in [0, 0.05) is 10.5 Å². The third-order valence-electron chi connectivity index (χ3n) is 6.82. The van der Waals surface area contributed by atoms with Gasteiger partial charge < -0.3 is 4.74 Å². The molecule has 0 spiro atoms. The molecule has 0 aromatic carbocycles. The Balaban J connectivity index is 2.01. The van der Waals surface area contributed by atoms with Gasteiger partial charge in [0.2, 0.25) is 0 Å². The van der Waals surface area contributed by atoms with Gasteiger partial charge in [-0.15, -0.1) is 0 Å². The molecule has 0 unspecified atom stereocenters. The quantitative estimate of drug-likeness (QED) is 0.444. The number of allylic oxidation sites excluding steroid dienone is 2. The smallest absolute Gasteiger partial charge is 0.313 e. The molecule has 7 atom stereocenters. The number of carbonyl (C=O) groups excluding carboxylic acids is 2. The fraction of sp³-hybridized carbons (Fsp3) is 0.789. The van der Waals surface area contributed by atoms with Crippen molar-refractivity contribution in [2.75, 3.05) is 7.11 Å². The summed E-state index contributed by atoms with van der Waals surface area (Å²) in [6.45, 7) is 8.84. The van der Waals surface area contributed by atoms with Crippen molar-refractivity contribution < 1.29 is 14.3 Å². The minimum absolute atomic E-state index is 0.0678. The van der Waals surface area contributed by atoms with Crippen LogP contribution in [-0.2, 0) is 14.3 Å². The number of fused-ring (bicyclic) bond motifs is 4. The van der Waals surface area contributed by atoms with E-state index in [0.717, 1.165) is 6.42 Å². The van der Waals surface area contributed by atoms with E-state index in [1.54, 1.807) is 0 Å². The van der Waals surface area contributed by atoms with Gasteiger partial charge in [0.1, 0.15) is 6.42 Å². The fourth-order valence-corrected chi connectivity index (χ4v) is 7.90. The third kappa shape index (κ3) is 2.09. The number of esters is 1. The van der Waals surface area contributed by atoms with Crippen molar-refractivity contribution in [3.63, 3.8) is 0 Å². The molecular formula is C19H28O3S. The Bertz CT molecular complexity index is 555. The molecule has 3 aliphatic rings. The molecule has 128 valence electrons. The predicted molar refractivity (Wildman–Crippen MR) is 93.2 cm³/mol. The van der Waals surface area contributed by atoms with Gasteiger partial charge in [0.15, 0.2) is 5.78 Å². The molecule has 2 aliphatic carbocycles. The predicted octanol–water partition coefficient (Wildman–Crippen LogP) is 3.87. The normalized spacial score (nSPS) is 46.2. The van der Waals surface area contributed by atoms with Crippen LogP contribution in [-0.4, -0.2) is 29.4 Å². The Kier molecular flexibility index (Phi) is 4.41. The zero-order valence-corrected chi connectivity index (χ0v) is 15.6. The summed E-state index contributed by atoms with van der Waals surface area (Å²) in [4.78, 5) is 25.0. The third-order valence-corrected chi connectivity index (χ3v) is 8.34. The zero-order valence-electron chi connectivity index (χ0n) is 14.8. The van der Waals surface area contributed by atoms with Crippen LogP contribution in [0.3, 0.4) is 0 Å². The highest BCUT2D eigenvalue weighted by Crippen LogP contribution is 2.76.